The fourth-order valence-corrected chi connectivity index (χ4v) is 2.23. The Hall–Kier alpha value is -2.04. The van der Waals surface area contributed by atoms with Crippen LogP contribution in [0.25, 0.3) is 0 Å². The molecule has 1 fully saturated rings. The van der Waals surface area contributed by atoms with Gasteiger partial charge in [-0.2, -0.15) is 0 Å². The zero-order chi connectivity index (χ0) is 13.8. The van der Waals surface area contributed by atoms with Gasteiger partial charge in [0, 0.05) is 6.54 Å². The molecule has 19 heavy (non-hydrogen) atoms. The molecule has 1 unspecified atom stereocenters. The smallest absolute Gasteiger partial charge is 0.415 e. The molecule has 0 radical (unpaired) electrons. The van der Waals surface area contributed by atoms with Crippen molar-refractivity contribution in [2.24, 2.45) is 0 Å². The van der Waals surface area contributed by atoms with Crippen molar-refractivity contribution in [1.82, 2.24) is 4.90 Å². The number of hydrogen-bond donors (Lipinski definition) is 1. The summed E-state index contributed by atoms with van der Waals surface area (Å²) in [5, 5.41) is 9.03. The third kappa shape index (κ3) is 3.05. The SMILES string of the molecule is CCc1cccc(OC(=O)N2CCCC2C(=O)O)c1. The number of aliphatic carboxylic acids is 1. The van der Waals surface area contributed by atoms with E-state index in [0.717, 1.165) is 12.0 Å². The van der Waals surface area contributed by atoms with Crippen LogP contribution < -0.4 is 4.74 Å². The standard InChI is InChI=1S/C14H17NO4/c1-2-10-5-3-6-11(9-10)19-14(18)15-8-4-7-12(15)13(16)17/h3,5-6,9,12H,2,4,7-8H2,1H3,(H,16,17). The van der Waals surface area contributed by atoms with Gasteiger partial charge in [0.2, 0.25) is 0 Å². The Kier molecular flexibility index (Phi) is 4.04. The van der Waals surface area contributed by atoms with Crippen molar-refractivity contribution >= 4 is 12.1 Å². The number of amides is 1. The Labute approximate surface area is 111 Å². The number of carboxylic acid groups (broad SMARTS) is 1. The summed E-state index contributed by atoms with van der Waals surface area (Å²) in [5.41, 5.74) is 1.07. The second kappa shape index (κ2) is 5.73. The molecule has 102 valence electrons. The quantitative estimate of drug-likeness (QED) is 0.908. The highest BCUT2D eigenvalue weighted by Crippen LogP contribution is 2.21. The van der Waals surface area contributed by atoms with Gasteiger partial charge in [0.25, 0.3) is 0 Å². The molecule has 1 aliphatic heterocycles. The number of carboxylic acids is 1. The van der Waals surface area contributed by atoms with E-state index < -0.39 is 18.1 Å². The minimum Gasteiger partial charge on any atom is -0.480 e. The molecule has 0 aromatic heterocycles. The summed E-state index contributed by atoms with van der Waals surface area (Å²) in [6.07, 6.45) is 1.45. The lowest BCUT2D eigenvalue weighted by Crippen LogP contribution is -2.41. The maximum Gasteiger partial charge on any atom is 0.415 e. The molecule has 5 heteroatoms. The summed E-state index contributed by atoms with van der Waals surface area (Å²) in [5.74, 6) is -0.517. The molecule has 1 N–H and O–H groups in total. The van der Waals surface area contributed by atoms with E-state index in [1.165, 1.54) is 4.90 Å². The summed E-state index contributed by atoms with van der Waals surface area (Å²) in [7, 11) is 0. The van der Waals surface area contributed by atoms with Gasteiger partial charge in [-0.25, -0.2) is 9.59 Å². The number of benzene rings is 1. The van der Waals surface area contributed by atoms with E-state index in [-0.39, 0.29) is 0 Å². The van der Waals surface area contributed by atoms with Crippen LogP contribution in [-0.4, -0.2) is 34.7 Å². The van der Waals surface area contributed by atoms with Gasteiger partial charge in [-0.3, -0.25) is 4.90 Å². The summed E-state index contributed by atoms with van der Waals surface area (Å²) >= 11 is 0. The van der Waals surface area contributed by atoms with Gasteiger partial charge < -0.3 is 9.84 Å². The molecule has 1 aromatic carbocycles. The highest BCUT2D eigenvalue weighted by Gasteiger charge is 2.35. The third-order valence-electron chi connectivity index (χ3n) is 3.28. The number of hydrogen-bond acceptors (Lipinski definition) is 3. The van der Waals surface area contributed by atoms with E-state index in [1.54, 1.807) is 12.1 Å². The first kappa shape index (κ1) is 13.4. The summed E-state index contributed by atoms with van der Waals surface area (Å²) in [6, 6.07) is 6.50. The first-order chi connectivity index (χ1) is 9.11. The summed E-state index contributed by atoms with van der Waals surface area (Å²) < 4.78 is 5.24. The molecule has 1 atom stereocenters. The van der Waals surface area contributed by atoms with Crippen molar-refractivity contribution in [3.05, 3.63) is 29.8 Å². The topological polar surface area (TPSA) is 66.8 Å². The average Bonchev–Trinajstić information content (AvgIpc) is 2.88. The van der Waals surface area contributed by atoms with Crippen LogP contribution in [0.4, 0.5) is 4.79 Å². The van der Waals surface area contributed by atoms with E-state index in [2.05, 4.69) is 0 Å². The Balaban J connectivity index is 2.06. The number of ether oxygens (including phenoxy) is 1. The van der Waals surface area contributed by atoms with E-state index in [0.29, 0.717) is 25.1 Å². The van der Waals surface area contributed by atoms with Gasteiger partial charge in [-0.15, -0.1) is 0 Å². The fourth-order valence-electron chi connectivity index (χ4n) is 2.23. The van der Waals surface area contributed by atoms with Crippen LogP contribution >= 0.6 is 0 Å². The minimum atomic E-state index is -0.975. The number of rotatable bonds is 3. The predicted octanol–water partition coefficient (Wildman–Crippen LogP) is 2.30. The molecule has 0 spiro atoms. The van der Waals surface area contributed by atoms with Crippen LogP contribution in [0.1, 0.15) is 25.3 Å². The van der Waals surface area contributed by atoms with Gasteiger partial charge in [0.15, 0.2) is 0 Å². The third-order valence-corrected chi connectivity index (χ3v) is 3.28. The number of likely N-dealkylation sites (tertiary alicyclic amines) is 1. The fraction of sp³-hybridized carbons (Fsp3) is 0.429. The number of carbonyl (C=O) groups excluding carboxylic acids is 1. The Morgan fingerprint density at radius 1 is 1.47 bits per heavy atom. The van der Waals surface area contributed by atoms with E-state index >= 15 is 0 Å². The molecule has 1 aliphatic rings. The molecule has 0 saturated carbocycles. The second-order valence-electron chi connectivity index (χ2n) is 4.56. The van der Waals surface area contributed by atoms with E-state index in [1.807, 2.05) is 19.1 Å². The summed E-state index contributed by atoms with van der Waals surface area (Å²) in [6.45, 7) is 2.45. The van der Waals surface area contributed by atoms with Crippen molar-refractivity contribution in [3.8, 4) is 5.75 Å². The van der Waals surface area contributed by atoms with Crippen molar-refractivity contribution in [3.63, 3.8) is 0 Å². The molecular formula is C14H17NO4. The molecule has 1 amide bonds. The molecule has 0 bridgehead atoms. The lowest BCUT2D eigenvalue weighted by Gasteiger charge is -2.20. The van der Waals surface area contributed by atoms with Gasteiger partial charge >= 0.3 is 12.1 Å². The maximum absolute atomic E-state index is 12.0. The molecule has 1 heterocycles. The molecule has 5 nitrogen and oxygen atoms in total. The lowest BCUT2D eigenvalue weighted by molar-refractivity contribution is -0.141. The zero-order valence-corrected chi connectivity index (χ0v) is 10.8. The second-order valence-corrected chi connectivity index (χ2v) is 4.56. The van der Waals surface area contributed by atoms with Crippen LogP contribution in [0.5, 0.6) is 5.75 Å². The van der Waals surface area contributed by atoms with Crippen molar-refractivity contribution in [2.45, 2.75) is 32.2 Å². The number of carbonyl (C=O) groups is 2. The van der Waals surface area contributed by atoms with E-state index in [9.17, 15) is 9.59 Å². The molecule has 0 aliphatic carbocycles. The van der Waals surface area contributed by atoms with Gasteiger partial charge in [0.05, 0.1) is 0 Å². The van der Waals surface area contributed by atoms with Crippen LogP contribution in [0.2, 0.25) is 0 Å². The number of aryl methyl sites for hydroxylation is 1. The van der Waals surface area contributed by atoms with Crippen LogP contribution in [0.15, 0.2) is 24.3 Å². The largest absolute Gasteiger partial charge is 0.480 e. The highest BCUT2D eigenvalue weighted by atomic mass is 16.6. The van der Waals surface area contributed by atoms with Crippen molar-refractivity contribution in [1.29, 1.82) is 0 Å². The maximum atomic E-state index is 12.0. The van der Waals surface area contributed by atoms with Crippen LogP contribution in [0, 0.1) is 0 Å². The van der Waals surface area contributed by atoms with Gasteiger partial charge in [-0.05, 0) is 37.0 Å². The molecule has 1 saturated heterocycles. The Bertz CT molecular complexity index is 486. The monoisotopic (exact) mass is 263 g/mol. The van der Waals surface area contributed by atoms with Gasteiger partial charge in [0.1, 0.15) is 11.8 Å². The van der Waals surface area contributed by atoms with Gasteiger partial charge in [-0.1, -0.05) is 19.1 Å². The normalized spacial score (nSPS) is 18.4. The molecular weight excluding hydrogens is 246 g/mol. The summed E-state index contributed by atoms with van der Waals surface area (Å²) in [4.78, 5) is 24.3. The Morgan fingerprint density at radius 3 is 2.95 bits per heavy atom. The number of nitrogens with zero attached hydrogens (tertiary/aromatic N) is 1. The zero-order valence-electron chi connectivity index (χ0n) is 10.8. The predicted molar refractivity (Wildman–Crippen MR) is 69.2 cm³/mol. The van der Waals surface area contributed by atoms with Crippen LogP contribution in [-0.2, 0) is 11.2 Å². The molecule has 2 rings (SSSR count). The Morgan fingerprint density at radius 2 is 2.26 bits per heavy atom. The van der Waals surface area contributed by atoms with E-state index in [4.69, 9.17) is 9.84 Å². The molecule has 1 aromatic rings. The lowest BCUT2D eigenvalue weighted by atomic mass is 10.2. The van der Waals surface area contributed by atoms with Crippen LogP contribution in [0.3, 0.4) is 0 Å². The average molecular weight is 263 g/mol. The first-order valence-electron chi connectivity index (χ1n) is 6.42. The first-order valence-corrected chi connectivity index (χ1v) is 6.42. The van der Waals surface area contributed by atoms with Crippen molar-refractivity contribution in [2.75, 3.05) is 6.54 Å². The minimum absolute atomic E-state index is 0.434. The van der Waals surface area contributed by atoms with Crippen molar-refractivity contribution < 1.29 is 19.4 Å². The highest BCUT2D eigenvalue weighted by molar-refractivity contribution is 5.81.